The van der Waals surface area contributed by atoms with Crippen molar-refractivity contribution in [2.45, 2.75) is 31.5 Å². The molecule has 0 aliphatic heterocycles. The second-order valence-corrected chi connectivity index (χ2v) is 6.26. The smallest absolute Gasteiger partial charge is 0.123 e. The predicted molar refractivity (Wildman–Crippen MR) is 94.4 cm³/mol. The summed E-state index contributed by atoms with van der Waals surface area (Å²) in [5, 5.41) is 10.6. The molecule has 3 rings (SSSR count). The first-order chi connectivity index (χ1) is 11.7. The first kappa shape index (κ1) is 16.8. The van der Waals surface area contributed by atoms with Crippen LogP contribution in [0, 0.1) is 0 Å². The van der Waals surface area contributed by atoms with E-state index in [4.69, 9.17) is 9.47 Å². The number of aliphatic hydroxyl groups is 1. The molecular weight excluding hydrogens is 302 g/mol. The maximum atomic E-state index is 10.6. The van der Waals surface area contributed by atoms with Gasteiger partial charge in [-0.25, -0.2) is 0 Å². The second-order valence-electron chi connectivity index (χ2n) is 6.26. The Morgan fingerprint density at radius 3 is 2.46 bits per heavy atom. The minimum Gasteiger partial charge on any atom is -0.497 e. The summed E-state index contributed by atoms with van der Waals surface area (Å²) >= 11 is 0. The van der Waals surface area contributed by atoms with Crippen LogP contribution >= 0.6 is 0 Å². The molecule has 0 amide bonds. The Morgan fingerprint density at radius 2 is 1.83 bits per heavy atom. The van der Waals surface area contributed by atoms with Crippen molar-refractivity contribution in [2.24, 2.45) is 0 Å². The molecule has 1 aliphatic carbocycles. The molecule has 0 heterocycles. The van der Waals surface area contributed by atoms with Crippen LogP contribution in [-0.2, 0) is 6.54 Å². The summed E-state index contributed by atoms with van der Waals surface area (Å²) in [6.07, 6.45) is 1.89. The third-order valence-corrected chi connectivity index (χ3v) is 4.52. The molecule has 1 saturated carbocycles. The molecule has 4 nitrogen and oxygen atoms in total. The minimum absolute atomic E-state index is 0.483. The zero-order valence-corrected chi connectivity index (χ0v) is 14.3. The van der Waals surface area contributed by atoms with Gasteiger partial charge in [-0.1, -0.05) is 30.3 Å². The van der Waals surface area contributed by atoms with Gasteiger partial charge in [0, 0.05) is 24.7 Å². The van der Waals surface area contributed by atoms with Gasteiger partial charge in [0.05, 0.1) is 20.3 Å². The Morgan fingerprint density at radius 1 is 1.08 bits per heavy atom. The van der Waals surface area contributed by atoms with E-state index >= 15 is 0 Å². The average Bonchev–Trinajstić information content (AvgIpc) is 3.46. The van der Waals surface area contributed by atoms with Gasteiger partial charge >= 0.3 is 0 Å². The van der Waals surface area contributed by atoms with Crippen LogP contribution < -0.4 is 9.47 Å². The SMILES string of the molecule is COc1ccc(OC)c(CN(CC(O)c2ccccc2)C2CC2)c1. The normalized spacial score (nSPS) is 15.3. The molecule has 0 spiro atoms. The van der Waals surface area contributed by atoms with E-state index in [1.807, 2.05) is 48.5 Å². The van der Waals surface area contributed by atoms with Gasteiger partial charge < -0.3 is 14.6 Å². The second kappa shape index (κ2) is 7.69. The Bertz CT molecular complexity index is 655. The van der Waals surface area contributed by atoms with E-state index in [2.05, 4.69) is 4.90 Å². The van der Waals surface area contributed by atoms with Gasteiger partial charge in [0.15, 0.2) is 0 Å². The highest BCUT2D eigenvalue weighted by molar-refractivity contribution is 5.40. The number of hydrogen-bond acceptors (Lipinski definition) is 4. The third kappa shape index (κ3) is 4.08. The van der Waals surface area contributed by atoms with Crippen LogP contribution in [0.5, 0.6) is 11.5 Å². The number of methoxy groups -OCH3 is 2. The van der Waals surface area contributed by atoms with E-state index in [0.29, 0.717) is 12.6 Å². The zero-order valence-electron chi connectivity index (χ0n) is 14.3. The van der Waals surface area contributed by atoms with Gasteiger partial charge in [-0.3, -0.25) is 4.90 Å². The maximum Gasteiger partial charge on any atom is 0.123 e. The van der Waals surface area contributed by atoms with E-state index in [-0.39, 0.29) is 0 Å². The highest BCUT2D eigenvalue weighted by atomic mass is 16.5. The fourth-order valence-electron chi connectivity index (χ4n) is 3.01. The topological polar surface area (TPSA) is 41.9 Å². The lowest BCUT2D eigenvalue weighted by Gasteiger charge is -2.26. The Balaban J connectivity index is 1.75. The van der Waals surface area contributed by atoms with Crippen molar-refractivity contribution in [3.63, 3.8) is 0 Å². The molecule has 2 aromatic carbocycles. The molecule has 24 heavy (non-hydrogen) atoms. The van der Waals surface area contributed by atoms with Crippen LogP contribution in [0.4, 0.5) is 0 Å². The Hall–Kier alpha value is -2.04. The lowest BCUT2D eigenvalue weighted by molar-refractivity contribution is 0.104. The molecule has 2 aromatic rings. The van der Waals surface area contributed by atoms with Crippen LogP contribution in [0.2, 0.25) is 0 Å². The summed E-state index contributed by atoms with van der Waals surface area (Å²) in [6.45, 7) is 1.37. The molecule has 0 saturated heterocycles. The van der Waals surface area contributed by atoms with Gasteiger partial charge in [-0.15, -0.1) is 0 Å². The monoisotopic (exact) mass is 327 g/mol. The molecule has 4 heteroatoms. The summed E-state index contributed by atoms with van der Waals surface area (Å²) in [7, 11) is 3.36. The van der Waals surface area contributed by atoms with E-state index in [0.717, 1.165) is 29.2 Å². The highest BCUT2D eigenvalue weighted by Gasteiger charge is 2.31. The fraction of sp³-hybridized carbons (Fsp3) is 0.400. The van der Waals surface area contributed by atoms with Gasteiger partial charge in [0.1, 0.15) is 11.5 Å². The van der Waals surface area contributed by atoms with E-state index in [1.54, 1.807) is 14.2 Å². The third-order valence-electron chi connectivity index (χ3n) is 4.52. The molecule has 1 atom stereocenters. The predicted octanol–water partition coefficient (Wildman–Crippen LogP) is 3.40. The quantitative estimate of drug-likeness (QED) is 0.807. The number of benzene rings is 2. The average molecular weight is 327 g/mol. The van der Waals surface area contributed by atoms with E-state index in [9.17, 15) is 5.11 Å². The van der Waals surface area contributed by atoms with Crippen molar-refractivity contribution in [1.29, 1.82) is 0 Å². The van der Waals surface area contributed by atoms with E-state index in [1.165, 1.54) is 12.8 Å². The van der Waals surface area contributed by atoms with Gasteiger partial charge in [0.2, 0.25) is 0 Å². The summed E-state index contributed by atoms with van der Waals surface area (Å²) in [4.78, 5) is 2.34. The zero-order chi connectivity index (χ0) is 16.9. The van der Waals surface area contributed by atoms with Crippen molar-refractivity contribution in [3.05, 3.63) is 59.7 Å². The number of rotatable bonds is 8. The maximum absolute atomic E-state index is 10.6. The Labute approximate surface area is 143 Å². The number of nitrogens with zero attached hydrogens (tertiary/aromatic N) is 1. The minimum atomic E-state index is -0.483. The molecule has 1 N–H and O–H groups in total. The lowest BCUT2D eigenvalue weighted by atomic mass is 10.1. The number of hydrogen-bond donors (Lipinski definition) is 1. The summed E-state index contributed by atoms with van der Waals surface area (Å²) < 4.78 is 10.8. The van der Waals surface area contributed by atoms with Crippen molar-refractivity contribution in [2.75, 3.05) is 20.8 Å². The molecule has 0 aromatic heterocycles. The highest BCUT2D eigenvalue weighted by Crippen LogP contribution is 2.33. The van der Waals surface area contributed by atoms with Crippen molar-refractivity contribution < 1.29 is 14.6 Å². The van der Waals surface area contributed by atoms with Crippen molar-refractivity contribution >= 4 is 0 Å². The summed E-state index contributed by atoms with van der Waals surface area (Å²) in [5.74, 6) is 1.68. The standard InChI is InChI=1S/C20H25NO3/c1-23-18-10-11-20(24-2)16(12-18)13-21(17-8-9-17)14-19(22)15-6-4-3-5-7-15/h3-7,10-12,17,19,22H,8-9,13-14H2,1-2H3. The van der Waals surface area contributed by atoms with Gasteiger partial charge in [0.25, 0.3) is 0 Å². The molecular formula is C20H25NO3. The van der Waals surface area contributed by atoms with Gasteiger partial charge in [-0.05, 0) is 36.6 Å². The molecule has 0 radical (unpaired) electrons. The van der Waals surface area contributed by atoms with Crippen LogP contribution in [0.15, 0.2) is 48.5 Å². The van der Waals surface area contributed by atoms with Crippen LogP contribution in [0.25, 0.3) is 0 Å². The van der Waals surface area contributed by atoms with Crippen molar-refractivity contribution in [1.82, 2.24) is 4.90 Å². The van der Waals surface area contributed by atoms with Crippen LogP contribution in [-0.4, -0.2) is 36.8 Å². The molecule has 1 unspecified atom stereocenters. The molecule has 1 aliphatic rings. The summed E-state index contributed by atoms with van der Waals surface area (Å²) in [6, 6.07) is 16.2. The Kier molecular flexibility index (Phi) is 5.38. The largest absolute Gasteiger partial charge is 0.497 e. The summed E-state index contributed by atoms with van der Waals surface area (Å²) in [5.41, 5.74) is 2.05. The van der Waals surface area contributed by atoms with Crippen LogP contribution in [0.1, 0.15) is 30.1 Å². The fourth-order valence-corrected chi connectivity index (χ4v) is 3.01. The molecule has 128 valence electrons. The van der Waals surface area contributed by atoms with Gasteiger partial charge in [-0.2, -0.15) is 0 Å². The molecule has 0 bridgehead atoms. The molecule has 1 fully saturated rings. The first-order valence-corrected chi connectivity index (χ1v) is 8.39. The first-order valence-electron chi connectivity index (χ1n) is 8.39. The van der Waals surface area contributed by atoms with Crippen molar-refractivity contribution in [3.8, 4) is 11.5 Å². The lowest BCUT2D eigenvalue weighted by Crippen LogP contribution is -2.30. The number of ether oxygens (including phenoxy) is 2. The number of aliphatic hydroxyl groups excluding tert-OH is 1. The van der Waals surface area contributed by atoms with Crippen LogP contribution in [0.3, 0.4) is 0 Å². The van der Waals surface area contributed by atoms with E-state index < -0.39 is 6.10 Å².